The molecule has 2 N–H and O–H groups in total. The zero-order chi connectivity index (χ0) is 27.2. The van der Waals surface area contributed by atoms with Gasteiger partial charge in [0.2, 0.25) is 11.3 Å². The van der Waals surface area contributed by atoms with Gasteiger partial charge in [0.15, 0.2) is 0 Å². The van der Waals surface area contributed by atoms with Crippen molar-refractivity contribution < 1.29 is 13.5 Å². The Morgan fingerprint density at radius 3 is 1.68 bits per heavy atom. The standard InChI is InChI=1S/C31H56N2O3S/c1-6-7-8-9-10-11-12-13-14-15-16-17-18-19-24-36-29-22-20-27(21-23-29)28-25-30(2,3)33(32-37(34)35)31(4,5)26-28/h20-23,28,32H,6-19,24-26H2,1-5H3,(H,34,35). The molecule has 1 unspecified atom stereocenters. The number of unbranched alkanes of at least 4 members (excludes halogenated alkanes) is 13. The Hall–Kier alpha value is -0.950. The fraction of sp³-hybridized carbons (Fsp3) is 0.806. The molecule has 0 bridgehead atoms. The highest BCUT2D eigenvalue weighted by Gasteiger charge is 2.46. The largest absolute Gasteiger partial charge is 0.494 e. The third kappa shape index (κ3) is 12.2. The van der Waals surface area contributed by atoms with Crippen LogP contribution in [0.5, 0.6) is 5.75 Å². The molecule has 0 spiro atoms. The summed E-state index contributed by atoms with van der Waals surface area (Å²) in [5.74, 6) is 1.35. The number of hydrogen-bond acceptors (Lipinski definition) is 3. The normalized spacial score (nSPS) is 18.6. The van der Waals surface area contributed by atoms with Gasteiger partial charge in [-0.1, -0.05) is 103 Å². The third-order valence-electron chi connectivity index (χ3n) is 7.99. The van der Waals surface area contributed by atoms with Gasteiger partial charge in [0.05, 0.1) is 6.61 Å². The first kappa shape index (κ1) is 32.3. The molecule has 1 aromatic rings. The summed E-state index contributed by atoms with van der Waals surface area (Å²) in [6.07, 6.45) is 21.0. The predicted molar refractivity (Wildman–Crippen MR) is 158 cm³/mol. The molecule has 1 saturated heterocycles. The van der Waals surface area contributed by atoms with E-state index in [1.165, 1.54) is 89.0 Å². The highest BCUT2D eigenvalue weighted by Crippen LogP contribution is 2.44. The smallest absolute Gasteiger partial charge is 0.246 e. The molecule has 0 aliphatic carbocycles. The van der Waals surface area contributed by atoms with Crippen LogP contribution in [-0.2, 0) is 11.3 Å². The Morgan fingerprint density at radius 1 is 0.811 bits per heavy atom. The summed E-state index contributed by atoms with van der Waals surface area (Å²) in [6.45, 7) is 11.6. The lowest BCUT2D eigenvalue weighted by molar-refractivity contribution is -0.0559. The van der Waals surface area contributed by atoms with Gasteiger partial charge in [0.1, 0.15) is 5.75 Å². The van der Waals surface area contributed by atoms with Crippen molar-refractivity contribution in [1.29, 1.82) is 0 Å². The van der Waals surface area contributed by atoms with Gasteiger partial charge in [-0.15, -0.1) is 4.83 Å². The molecular formula is C31H56N2O3S. The Kier molecular flexibility index (Phi) is 14.7. The highest BCUT2D eigenvalue weighted by atomic mass is 32.2. The number of hydrogen-bond donors (Lipinski definition) is 2. The average Bonchev–Trinajstić information content (AvgIpc) is 2.83. The molecule has 214 valence electrons. The zero-order valence-electron chi connectivity index (χ0n) is 24.5. The van der Waals surface area contributed by atoms with Crippen LogP contribution in [0.3, 0.4) is 0 Å². The molecule has 2 rings (SSSR count). The molecule has 1 heterocycles. The second-order valence-corrected chi connectivity index (χ2v) is 13.1. The molecule has 5 nitrogen and oxygen atoms in total. The number of piperidine rings is 1. The summed E-state index contributed by atoms with van der Waals surface area (Å²) in [5.41, 5.74) is 0.830. The molecule has 1 aliphatic rings. The van der Waals surface area contributed by atoms with Gasteiger partial charge in [0, 0.05) is 11.1 Å². The maximum absolute atomic E-state index is 11.4. The topological polar surface area (TPSA) is 61.8 Å². The molecular weight excluding hydrogens is 480 g/mol. The fourth-order valence-corrected chi connectivity index (χ4v) is 6.81. The molecule has 0 aromatic heterocycles. The molecule has 6 heteroatoms. The SMILES string of the molecule is CCCCCCCCCCCCCCCCOc1ccc(C2CC(C)(C)N(NS(=O)O)C(C)(C)C2)cc1. The van der Waals surface area contributed by atoms with Crippen molar-refractivity contribution in [3.63, 3.8) is 0 Å². The van der Waals surface area contributed by atoms with Crippen LogP contribution in [0.25, 0.3) is 0 Å². The van der Waals surface area contributed by atoms with Crippen LogP contribution >= 0.6 is 0 Å². The number of rotatable bonds is 19. The lowest BCUT2D eigenvalue weighted by atomic mass is 9.72. The van der Waals surface area contributed by atoms with E-state index in [4.69, 9.17) is 4.74 Å². The summed E-state index contributed by atoms with van der Waals surface area (Å²) in [6, 6.07) is 8.61. The minimum absolute atomic E-state index is 0.242. The van der Waals surface area contributed by atoms with Crippen LogP contribution in [0, 0.1) is 0 Å². The summed E-state index contributed by atoms with van der Waals surface area (Å²) in [4.78, 5) is 2.75. The Bertz CT molecular complexity index is 748. The molecule has 1 atom stereocenters. The molecule has 0 amide bonds. The van der Waals surface area contributed by atoms with Gasteiger partial charge in [-0.25, -0.2) is 9.22 Å². The van der Waals surface area contributed by atoms with E-state index in [2.05, 4.69) is 63.7 Å². The monoisotopic (exact) mass is 536 g/mol. The van der Waals surface area contributed by atoms with Crippen molar-refractivity contribution >= 4 is 11.3 Å². The molecule has 1 aromatic carbocycles. The molecule has 0 radical (unpaired) electrons. The third-order valence-corrected chi connectivity index (χ3v) is 8.33. The zero-order valence-corrected chi connectivity index (χ0v) is 25.3. The summed E-state index contributed by atoms with van der Waals surface area (Å²) in [7, 11) is 0. The average molecular weight is 537 g/mol. The number of benzene rings is 1. The highest BCUT2D eigenvalue weighted by molar-refractivity contribution is 7.77. The number of nitrogens with zero attached hydrogens (tertiary/aromatic N) is 1. The van der Waals surface area contributed by atoms with Gasteiger partial charge >= 0.3 is 0 Å². The first-order chi connectivity index (χ1) is 17.7. The van der Waals surface area contributed by atoms with E-state index >= 15 is 0 Å². The predicted octanol–water partition coefficient (Wildman–Crippen LogP) is 8.92. The van der Waals surface area contributed by atoms with Gasteiger partial charge in [-0.05, 0) is 70.6 Å². The van der Waals surface area contributed by atoms with Crippen molar-refractivity contribution in [1.82, 2.24) is 9.84 Å². The number of ether oxygens (including phenoxy) is 1. The van der Waals surface area contributed by atoms with Gasteiger partial charge < -0.3 is 4.74 Å². The van der Waals surface area contributed by atoms with E-state index < -0.39 is 11.3 Å². The molecule has 37 heavy (non-hydrogen) atoms. The van der Waals surface area contributed by atoms with E-state index in [-0.39, 0.29) is 11.1 Å². The van der Waals surface area contributed by atoms with Crippen molar-refractivity contribution in [2.24, 2.45) is 0 Å². The minimum Gasteiger partial charge on any atom is -0.494 e. The van der Waals surface area contributed by atoms with Crippen molar-refractivity contribution in [3.8, 4) is 5.75 Å². The summed E-state index contributed by atoms with van der Waals surface area (Å²) < 4.78 is 26.8. The van der Waals surface area contributed by atoms with Crippen molar-refractivity contribution in [2.45, 2.75) is 154 Å². The van der Waals surface area contributed by atoms with Crippen LogP contribution < -0.4 is 9.57 Å². The van der Waals surface area contributed by atoms with Crippen LogP contribution in [0.1, 0.15) is 149 Å². The Balaban J connectivity index is 1.58. The van der Waals surface area contributed by atoms with Gasteiger partial charge in [-0.3, -0.25) is 4.55 Å². The Morgan fingerprint density at radius 2 is 1.24 bits per heavy atom. The van der Waals surface area contributed by atoms with Crippen LogP contribution in [0.4, 0.5) is 0 Å². The van der Waals surface area contributed by atoms with Crippen molar-refractivity contribution in [2.75, 3.05) is 6.61 Å². The van der Waals surface area contributed by atoms with Crippen LogP contribution in [0.15, 0.2) is 24.3 Å². The van der Waals surface area contributed by atoms with E-state index in [1.54, 1.807) is 0 Å². The minimum atomic E-state index is -2.07. The lowest BCUT2D eigenvalue weighted by Gasteiger charge is -2.54. The van der Waals surface area contributed by atoms with E-state index in [0.29, 0.717) is 5.92 Å². The maximum Gasteiger partial charge on any atom is 0.246 e. The van der Waals surface area contributed by atoms with Crippen LogP contribution in [-0.4, -0.2) is 31.5 Å². The summed E-state index contributed by atoms with van der Waals surface area (Å²) in [5, 5.41) is 1.96. The van der Waals surface area contributed by atoms with E-state index in [9.17, 15) is 8.76 Å². The molecule has 0 saturated carbocycles. The summed E-state index contributed by atoms with van der Waals surface area (Å²) >= 11 is -2.07. The fourth-order valence-electron chi connectivity index (χ4n) is 6.16. The second-order valence-electron chi connectivity index (χ2n) is 12.4. The van der Waals surface area contributed by atoms with Crippen LogP contribution in [0.2, 0.25) is 0 Å². The van der Waals surface area contributed by atoms with Gasteiger partial charge in [-0.2, -0.15) is 0 Å². The Labute approximate surface area is 230 Å². The lowest BCUT2D eigenvalue weighted by Crippen LogP contribution is -2.65. The second kappa shape index (κ2) is 16.9. The van der Waals surface area contributed by atoms with E-state index in [0.717, 1.165) is 31.6 Å². The van der Waals surface area contributed by atoms with Crippen molar-refractivity contribution in [3.05, 3.63) is 29.8 Å². The van der Waals surface area contributed by atoms with Gasteiger partial charge in [0.25, 0.3) is 0 Å². The maximum atomic E-state index is 11.4. The molecule has 1 aliphatic heterocycles. The van der Waals surface area contributed by atoms with E-state index in [1.807, 2.05) is 5.01 Å². The first-order valence-electron chi connectivity index (χ1n) is 15.1. The quantitative estimate of drug-likeness (QED) is 0.137. The molecule has 1 fully saturated rings. The first-order valence-corrected chi connectivity index (χ1v) is 16.2. The number of nitrogens with one attached hydrogen (secondary N) is 1. The number of hydrazine groups is 1.